The third-order valence-corrected chi connectivity index (χ3v) is 3.93. The van der Waals surface area contributed by atoms with Gasteiger partial charge in [0.25, 0.3) is 5.69 Å². The number of carbonyl (C=O) groups is 1. The highest BCUT2D eigenvalue weighted by atomic mass is 79.9. The maximum Gasteiger partial charge on any atom is 0.339 e. The second kappa shape index (κ2) is 5.93. The number of carboxylic acids is 1. The molecule has 0 bridgehead atoms. The molecule has 0 saturated heterocycles. The zero-order valence-corrected chi connectivity index (χ0v) is 13.7. The van der Waals surface area contributed by atoms with Gasteiger partial charge in [0, 0.05) is 17.7 Å². The Kier molecular flexibility index (Phi) is 3.94. The smallest absolute Gasteiger partial charge is 0.339 e. The van der Waals surface area contributed by atoms with E-state index < -0.39 is 10.9 Å². The number of aromatic carboxylic acids is 1. The summed E-state index contributed by atoms with van der Waals surface area (Å²) >= 11 is 3.34. The van der Waals surface area contributed by atoms with Gasteiger partial charge >= 0.3 is 5.97 Å². The first-order valence-corrected chi connectivity index (χ1v) is 7.36. The van der Waals surface area contributed by atoms with Crippen molar-refractivity contribution in [3.8, 4) is 17.2 Å². The van der Waals surface area contributed by atoms with Crippen molar-refractivity contribution >= 4 is 38.7 Å². The van der Waals surface area contributed by atoms with Crippen molar-refractivity contribution in [2.45, 2.75) is 0 Å². The molecule has 24 heavy (non-hydrogen) atoms. The molecular formula is C15H9BrN2O6. The first kappa shape index (κ1) is 15.9. The maximum absolute atomic E-state index is 11.3. The van der Waals surface area contributed by atoms with Gasteiger partial charge in [-0.3, -0.25) is 10.1 Å². The van der Waals surface area contributed by atoms with Crippen LogP contribution in [0.1, 0.15) is 10.4 Å². The van der Waals surface area contributed by atoms with Gasteiger partial charge in [-0.1, -0.05) is 0 Å². The number of hydrogen-bond donors (Lipinski definition) is 1. The lowest BCUT2D eigenvalue weighted by molar-refractivity contribution is -0.384. The fourth-order valence-corrected chi connectivity index (χ4v) is 2.75. The minimum atomic E-state index is -1.33. The summed E-state index contributed by atoms with van der Waals surface area (Å²) in [5.74, 6) is -0.574. The molecule has 1 heterocycles. The predicted octanol–water partition coefficient (Wildman–Crippen LogP) is 3.87. The predicted molar refractivity (Wildman–Crippen MR) is 87.3 cm³/mol. The number of fused-ring (bicyclic) bond motifs is 1. The summed E-state index contributed by atoms with van der Waals surface area (Å²) in [6.45, 7) is 0. The van der Waals surface area contributed by atoms with E-state index in [1.165, 1.54) is 13.2 Å². The average Bonchev–Trinajstić information content (AvgIpc) is 2.97. The Labute approximate surface area is 143 Å². The number of halogens is 1. The topological polar surface area (TPSA) is 116 Å². The zero-order chi connectivity index (χ0) is 17.4. The molecule has 122 valence electrons. The molecule has 0 atom stereocenters. The molecule has 0 fully saturated rings. The van der Waals surface area contributed by atoms with Crippen LogP contribution in [0.25, 0.3) is 22.6 Å². The normalized spacial score (nSPS) is 10.8. The van der Waals surface area contributed by atoms with Crippen molar-refractivity contribution in [1.29, 1.82) is 0 Å². The number of aromatic nitrogens is 1. The molecule has 9 heteroatoms. The van der Waals surface area contributed by atoms with Crippen LogP contribution < -0.4 is 4.74 Å². The summed E-state index contributed by atoms with van der Waals surface area (Å²) in [7, 11) is 1.53. The zero-order valence-electron chi connectivity index (χ0n) is 12.1. The van der Waals surface area contributed by atoms with E-state index in [2.05, 4.69) is 20.9 Å². The second-order valence-electron chi connectivity index (χ2n) is 4.77. The number of rotatable bonds is 4. The number of carboxylic acid groups (broad SMARTS) is 1. The number of nitrogens with zero attached hydrogens (tertiary/aromatic N) is 2. The first-order chi connectivity index (χ1) is 11.4. The van der Waals surface area contributed by atoms with Crippen LogP contribution in [0.4, 0.5) is 5.69 Å². The van der Waals surface area contributed by atoms with Crippen molar-refractivity contribution in [3.63, 3.8) is 0 Å². The van der Waals surface area contributed by atoms with Crippen LogP contribution >= 0.6 is 15.9 Å². The van der Waals surface area contributed by atoms with E-state index in [-0.39, 0.29) is 28.2 Å². The van der Waals surface area contributed by atoms with E-state index >= 15 is 0 Å². The lowest BCUT2D eigenvalue weighted by Gasteiger charge is -2.03. The van der Waals surface area contributed by atoms with Crippen molar-refractivity contribution in [2.75, 3.05) is 7.11 Å². The molecule has 3 rings (SSSR count). The van der Waals surface area contributed by atoms with Crippen molar-refractivity contribution in [3.05, 3.63) is 50.5 Å². The monoisotopic (exact) mass is 392 g/mol. The molecule has 0 radical (unpaired) electrons. The molecular weight excluding hydrogens is 384 g/mol. The van der Waals surface area contributed by atoms with Crippen LogP contribution in [0.2, 0.25) is 0 Å². The van der Waals surface area contributed by atoms with Gasteiger partial charge in [-0.15, -0.1) is 0 Å². The van der Waals surface area contributed by atoms with Crippen molar-refractivity contribution in [2.24, 2.45) is 0 Å². The Hall–Kier alpha value is -2.94. The Morgan fingerprint density at radius 2 is 2.12 bits per heavy atom. The lowest BCUT2D eigenvalue weighted by atomic mass is 10.2. The van der Waals surface area contributed by atoms with E-state index in [4.69, 9.17) is 9.15 Å². The van der Waals surface area contributed by atoms with Crippen molar-refractivity contribution in [1.82, 2.24) is 4.98 Å². The van der Waals surface area contributed by atoms with E-state index in [0.29, 0.717) is 15.8 Å². The number of ether oxygens (including phenoxy) is 1. The standard InChI is InChI=1S/C15H9BrN2O6/c1-23-12-3-2-7(4-10(12)16)14-17-11-6-8(18(21)22)5-9(15(19)20)13(11)24-14/h2-6H,1H3,(H,19,20). The van der Waals surface area contributed by atoms with Gasteiger partial charge < -0.3 is 14.3 Å². The number of methoxy groups -OCH3 is 1. The van der Waals surface area contributed by atoms with Gasteiger partial charge in [0.2, 0.25) is 5.89 Å². The summed E-state index contributed by atoms with van der Waals surface area (Å²) < 4.78 is 11.3. The van der Waals surface area contributed by atoms with E-state index in [0.717, 1.165) is 6.07 Å². The number of nitro groups is 1. The SMILES string of the molecule is COc1ccc(-c2nc3cc([N+](=O)[O-])cc(C(=O)O)c3o2)cc1Br. The summed E-state index contributed by atoms with van der Waals surface area (Å²) in [6.07, 6.45) is 0. The second-order valence-corrected chi connectivity index (χ2v) is 5.63. The minimum absolute atomic E-state index is 0.0185. The van der Waals surface area contributed by atoms with Crippen LogP contribution in [-0.4, -0.2) is 28.1 Å². The van der Waals surface area contributed by atoms with Crippen LogP contribution in [0, 0.1) is 10.1 Å². The molecule has 0 amide bonds. The Morgan fingerprint density at radius 3 is 2.71 bits per heavy atom. The summed E-state index contributed by atoms with van der Waals surface area (Å²) in [4.78, 5) is 25.8. The molecule has 8 nitrogen and oxygen atoms in total. The Balaban J connectivity index is 2.21. The Bertz CT molecular complexity index is 981. The van der Waals surface area contributed by atoms with E-state index in [9.17, 15) is 20.0 Å². The molecule has 0 saturated carbocycles. The number of oxazole rings is 1. The van der Waals surface area contributed by atoms with Gasteiger partial charge in [-0.2, -0.15) is 0 Å². The molecule has 1 aromatic heterocycles. The van der Waals surface area contributed by atoms with Gasteiger partial charge in [0.1, 0.15) is 16.8 Å². The minimum Gasteiger partial charge on any atom is -0.496 e. The highest BCUT2D eigenvalue weighted by Crippen LogP contribution is 2.33. The first-order valence-electron chi connectivity index (χ1n) is 6.57. The molecule has 0 unspecified atom stereocenters. The molecule has 0 spiro atoms. The summed E-state index contributed by atoms with van der Waals surface area (Å²) in [6, 6.07) is 7.19. The quantitative estimate of drug-likeness (QED) is 0.528. The van der Waals surface area contributed by atoms with Crippen LogP contribution in [0.5, 0.6) is 5.75 Å². The fourth-order valence-electron chi connectivity index (χ4n) is 2.21. The molecule has 0 aliphatic rings. The van der Waals surface area contributed by atoms with Gasteiger partial charge in [0.15, 0.2) is 5.58 Å². The summed E-state index contributed by atoms with van der Waals surface area (Å²) in [5, 5.41) is 20.2. The number of hydrogen-bond acceptors (Lipinski definition) is 6. The van der Waals surface area contributed by atoms with Crippen LogP contribution in [0.3, 0.4) is 0 Å². The molecule has 3 aromatic rings. The Morgan fingerprint density at radius 1 is 1.38 bits per heavy atom. The van der Waals surface area contributed by atoms with Crippen molar-refractivity contribution < 1.29 is 24.0 Å². The largest absolute Gasteiger partial charge is 0.496 e. The van der Waals surface area contributed by atoms with Crippen LogP contribution in [-0.2, 0) is 0 Å². The van der Waals surface area contributed by atoms with Gasteiger partial charge in [0.05, 0.1) is 16.5 Å². The number of non-ortho nitro benzene ring substituents is 1. The maximum atomic E-state index is 11.3. The molecule has 0 aliphatic heterocycles. The van der Waals surface area contributed by atoms with E-state index in [1.54, 1.807) is 18.2 Å². The molecule has 2 aromatic carbocycles. The third-order valence-electron chi connectivity index (χ3n) is 3.31. The lowest BCUT2D eigenvalue weighted by Crippen LogP contribution is -1.99. The fraction of sp³-hybridized carbons (Fsp3) is 0.0667. The number of benzene rings is 2. The highest BCUT2D eigenvalue weighted by molar-refractivity contribution is 9.10. The third kappa shape index (κ3) is 2.69. The van der Waals surface area contributed by atoms with E-state index in [1.807, 2.05) is 0 Å². The van der Waals surface area contributed by atoms with Crippen LogP contribution in [0.15, 0.2) is 39.2 Å². The van der Waals surface area contributed by atoms with Gasteiger partial charge in [-0.05, 0) is 34.1 Å². The highest BCUT2D eigenvalue weighted by Gasteiger charge is 2.21. The molecule has 0 aliphatic carbocycles. The average molecular weight is 393 g/mol. The summed E-state index contributed by atoms with van der Waals surface area (Å²) in [5.41, 5.74) is -0.0300. The molecule has 1 N–H and O–H groups in total. The van der Waals surface area contributed by atoms with Gasteiger partial charge in [-0.25, -0.2) is 9.78 Å². The number of nitro benzene ring substituents is 1.